The highest BCUT2D eigenvalue weighted by atomic mass is 16.6. The average Bonchev–Trinajstić information content (AvgIpc) is 3.43. The van der Waals surface area contributed by atoms with Crippen LogP contribution in [-0.2, 0) is 14.3 Å². The number of carbonyl (C=O) groups is 3. The molecule has 3 aromatic rings. The molecule has 3 N–H and O–H groups in total. The predicted molar refractivity (Wildman–Crippen MR) is 123 cm³/mol. The quantitative estimate of drug-likeness (QED) is 0.397. The molecule has 2 aromatic carbocycles. The van der Waals surface area contributed by atoms with E-state index in [1.54, 1.807) is 6.92 Å². The summed E-state index contributed by atoms with van der Waals surface area (Å²) in [4.78, 5) is 35.9. The second-order valence-electron chi connectivity index (χ2n) is 7.80. The number of carboxylic acids is 1. The van der Waals surface area contributed by atoms with Crippen LogP contribution in [0.1, 0.15) is 40.9 Å². The van der Waals surface area contributed by atoms with Crippen LogP contribution in [0.4, 0.5) is 10.6 Å². The minimum Gasteiger partial charge on any atom is -0.481 e. The van der Waals surface area contributed by atoms with Crippen molar-refractivity contribution in [2.45, 2.75) is 25.4 Å². The van der Waals surface area contributed by atoms with E-state index >= 15 is 0 Å². The minimum atomic E-state index is -1.06. The molecule has 2 amide bonds. The Bertz CT molecular complexity index is 1180. The fourth-order valence-electron chi connectivity index (χ4n) is 4.06. The number of anilines is 1. The Morgan fingerprint density at radius 3 is 2.34 bits per heavy atom. The molecule has 182 valence electrons. The summed E-state index contributed by atoms with van der Waals surface area (Å²) in [6, 6.07) is 15.9. The number of hydrogen-bond donors (Lipinski definition) is 3. The molecule has 1 aliphatic carbocycles. The van der Waals surface area contributed by atoms with Crippen LogP contribution in [0.2, 0.25) is 0 Å². The fourth-order valence-corrected chi connectivity index (χ4v) is 4.06. The summed E-state index contributed by atoms with van der Waals surface area (Å²) in [6.07, 6.45) is -1.83. The first-order valence-corrected chi connectivity index (χ1v) is 11.0. The van der Waals surface area contributed by atoms with E-state index in [0.717, 1.165) is 22.3 Å². The number of aromatic nitrogens is 2. The van der Waals surface area contributed by atoms with Gasteiger partial charge in [0.2, 0.25) is 11.5 Å². The Hall–Kier alpha value is -4.25. The van der Waals surface area contributed by atoms with Gasteiger partial charge in [-0.05, 0) is 39.5 Å². The molecule has 1 atom stereocenters. The van der Waals surface area contributed by atoms with E-state index < -0.39 is 24.1 Å². The third-order valence-corrected chi connectivity index (χ3v) is 5.56. The lowest BCUT2D eigenvalue weighted by molar-refractivity contribution is -0.140. The van der Waals surface area contributed by atoms with E-state index in [0.29, 0.717) is 0 Å². The predicted octanol–water partition coefficient (Wildman–Crippen LogP) is 3.04. The lowest BCUT2D eigenvalue weighted by Gasteiger charge is -2.15. The molecule has 1 aliphatic rings. The minimum absolute atomic E-state index is 0.0732. The summed E-state index contributed by atoms with van der Waals surface area (Å²) in [5, 5.41) is 20.9. The molecule has 1 unspecified atom stereocenters. The van der Waals surface area contributed by atoms with Gasteiger partial charge in [0.25, 0.3) is 5.91 Å². The van der Waals surface area contributed by atoms with Crippen LogP contribution < -0.4 is 10.6 Å². The average molecular weight is 480 g/mol. The maximum atomic E-state index is 12.5. The number of ether oxygens (including phenoxy) is 2. The lowest BCUT2D eigenvalue weighted by Crippen LogP contribution is -2.35. The normalized spacial score (nSPS) is 12.9. The maximum Gasteiger partial charge on any atom is 0.412 e. The molecule has 1 heterocycles. The molecule has 0 radical (unpaired) electrons. The SMILES string of the molecule is CCOC(CNC(=O)c1nonc1NC(=O)OCC1c2ccccc2-c2ccccc21)CC(=O)O. The molecule has 0 bridgehead atoms. The first kappa shape index (κ1) is 23.9. The first-order valence-electron chi connectivity index (χ1n) is 11.0. The van der Waals surface area contributed by atoms with Crippen molar-refractivity contribution in [2.75, 3.05) is 25.1 Å². The second-order valence-corrected chi connectivity index (χ2v) is 7.80. The zero-order valence-electron chi connectivity index (χ0n) is 18.9. The molecule has 1 aromatic heterocycles. The molecule has 0 aliphatic heterocycles. The van der Waals surface area contributed by atoms with E-state index in [-0.39, 0.29) is 43.6 Å². The van der Waals surface area contributed by atoms with Gasteiger partial charge in [0.15, 0.2) is 0 Å². The van der Waals surface area contributed by atoms with Gasteiger partial charge in [-0.15, -0.1) is 0 Å². The largest absolute Gasteiger partial charge is 0.481 e. The number of benzene rings is 2. The summed E-state index contributed by atoms with van der Waals surface area (Å²) in [5.41, 5.74) is 4.06. The summed E-state index contributed by atoms with van der Waals surface area (Å²) < 4.78 is 15.3. The number of fused-ring (bicyclic) bond motifs is 3. The van der Waals surface area contributed by atoms with E-state index in [4.69, 9.17) is 14.6 Å². The number of nitrogens with zero attached hydrogens (tertiary/aromatic N) is 2. The second kappa shape index (κ2) is 10.8. The van der Waals surface area contributed by atoms with Crippen molar-refractivity contribution < 1.29 is 33.6 Å². The Kier molecular flexibility index (Phi) is 7.36. The van der Waals surface area contributed by atoms with Crippen LogP contribution in [-0.4, -0.2) is 59.3 Å². The van der Waals surface area contributed by atoms with Crippen LogP contribution >= 0.6 is 0 Å². The smallest absolute Gasteiger partial charge is 0.412 e. The van der Waals surface area contributed by atoms with Gasteiger partial charge in [0, 0.05) is 19.1 Å². The lowest BCUT2D eigenvalue weighted by atomic mass is 9.98. The number of carbonyl (C=O) groups excluding carboxylic acids is 2. The molecular formula is C24H24N4O7. The summed E-state index contributed by atoms with van der Waals surface area (Å²) in [6.45, 7) is 2.01. The fraction of sp³-hybridized carbons (Fsp3) is 0.292. The van der Waals surface area contributed by atoms with Crippen molar-refractivity contribution in [2.24, 2.45) is 0 Å². The highest BCUT2D eigenvalue weighted by molar-refractivity contribution is 5.99. The molecule has 35 heavy (non-hydrogen) atoms. The number of carboxylic acid groups (broad SMARTS) is 1. The molecular weight excluding hydrogens is 456 g/mol. The van der Waals surface area contributed by atoms with Crippen LogP contribution in [0.5, 0.6) is 0 Å². The third kappa shape index (κ3) is 5.46. The number of hydrogen-bond acceptors (Lipinski definition) is 8. The molecule has 0 spiro atoms. The zero-order valence-corrected chi connectivity index (χ0v) is 18.9. The molecule has 11 heteroatoms. The highest BCUT2D eigenvalue weighted by Gasteiger charge is 2.29. The van der Waals surface area contributed by atoms with Gasteiger partial charge in [-0.1, -0.05) is 48.5 Å². The first-order chi connectivity index (χ1) is 17.0. The maximum absolute atomic E-state index is 12.5. The summed E-state index contributed by atoms with van der Waals surface area (Å²) >= 11 is 0. The Morgan fingerprint density at radius 2 is 1.71 bits per heavy atom. The van der Waals surface area contributed by atoms with Gasteiger partial charge in [-0.2, -0.15) is 0 Å². The van der Waals surface area contributed by atoms with Gasteiger partial charge in [0.05, 0.1) is 12.5 Å². The van der Waals surface area contributed by atoms with E-state index in [1.807, 2.05) is 48.5 Å². The van der Waals surface area contributed by atoms with Crippen molar-refractivity contribution in [3.8, 4) is 11.1 Å². The Labute approximate surface area is 200 Å². The van der Waals surface area contributed by atoms with Crippen LogP contribution in [0.3, 0.4) is 0 Å². The number of aliphatic carboxylic acids is 1. The van der Waals surface area contributed by atoms with Gasteiger partial charge < -0.3 is 19.9 Å². The molecule has 0 saturated heterocycles. The van der Waals surface area contributed by atoms with Crippen molar-refractivity contribution in [3.05, 3.63) is 65.4 Å². The third-order valence-electron chi connectivity index (χ3n) is 5.56. The highest BCUT2D eigenvalue weighted by Crippen LogP contribution is 2.44. The van der Waals surface area contributed by atoms with E-state index in [1.165, 1.54) is 0 Å². The van der Waals surface area contributed by atoms with Crippen molar-refractivity contribution >= 4 is 23.8 Å². The van der Waals surface area contributed by atoms with Gasteiger partial charge in [-0.3, -0.25) is 14.9 Å². The van der Waals surface area contributed by atoms with Gasteiger partial charge in [0.1, 0.15) is 6.61 Å². The van der Waals surface area contributed by atoms with Crippen molar-refractivity contribution in [1.29, 1.82) is 0 Å². The monoisotopic (exact) mass is 480 g/mol. The Balaban J connectivity index is 1.36. The van der Waals surface area contributed by atoms with E-state index in [9.17, 15) is 14.4 Å². The number of amides is 2. The van der Waals surface area contributed by atoms with Gasteiger partial charge >= 0.3 is 12.1 Å². The molecule has 0 fully saturated rings. The molecule has 4 rings (SSSR count). The van der Waals surface area contributed by atoms with E-state index in [2.05, 4.69) is 25.6 Å². The Morgan fingerprint density at radius 1 is 1.06 bits per heavy atom. The summed E-state index contributed by atoms with van der Waals surface area (Å²) in [5.74, 6) is -2.12. The number of nitrogens with one attached hydrogen (secondary N) is 2. The zero-order chi connectivity index (χ0) is 24.8. The van der Waals surface area contributed by atoms with Crippen molar-refractivity contribution in [3.63, 3.8) is 0 Å². The summed E-state index contributed by atoms with van der Waals surface area (Å²) in [7, 11) is 0. The van der Waals surface area contributed by atoms with Crippen LogP contribution in [0.15, 0.2) is 53.2 Å². The van der Waals surface area contributed by atoms with Crippen LogP contribution in [0.25, 0.3) is 11.1 Å². The number of rotatable bonds is 10. The topological polar surface area (TPSA) is 153 Å². The standard InChI is InChI=1S/C24H24N4O7/c1-2-33-14(11-20(29)30)12-25-23(31)21-22(28-35-27-21)26-24(32)34-13-19-17-9-5-3-7-15(17)16-8-4-6-10-18(16)19/h3-10,14,19H,2,11-13H2,1H3,(H,25,31)(H,29,30)(H,26,28,32). The van der Waals surface area contributed by atoms with Gasteiger partial charge in [-0.25, -0.2) is 9.42 Å². The molecule has 11 nitrogen and oxygen atoms in total. The van der Waals surface area contributed by atoms with Crippen molar-refractivity contribution in [1.82, 2.24) is 15.6 Å². The molecule has 0 saturated carbocycles. The van der Waals surface area contributed by atoms with Crippen LogP contribution in [0, 0.1) is 0 Å².